The van der Waals surface area contributed by atoms with Gasteiger partial charge in [0.15, 0.2) is 4.34 Å². The highest BCUT2D eigenvalue weighted by atomic mass is 32.2. The van der Waals surface area contributed by atoms with Crippen molar-refractivity contribution in [1.82, 2.24) is 10.2 Å². The molecule has 3 aromatic rings. The predicted molar refractivity (Wildman–Crippen MR) is 100 cm³/mol. The number of rotatable bonds is 5. The van der Waals surface area contributed by atoms with Crippen molar-refractivity contribution in [3.05, 3.63) is 45.3 Å². The van der Waals surface area contributed by atoms with Gasteiger partial charge in [-0.2, -0.15) is 0 Å². The van der Waals surface area contributed by atoms with Crippen LogP contribution >= 0.6 is 23.1 Å². The molecule has 24 heavy (non-hydrogen) atoms. The molecule has 0 saturated carbocycles. The van der Waals surface area contributed by atoms with Crippen LogP contribution in [0.1, 0.15) is 30.5 Å². The van der Waals surface area contributed by atoms with Crippen molar-refractivity contribution >= 4 is 39.2 Å². The van der Waals surface area contributed by atoms with Crippen LogP contribution < -0.4 is 10.9 Å². The van der Waals surface area contributed by atoms with Gasteiger partial charge in [-0.25, -0.2) is 4.79 Å². The molecule has 0 aliphatic heterocycles. The summed E-state index contributed by atoms with van der Waals surface area (Å²) in [4.78, 5) is 11.9. The minimum atomic E-state index is -0.314. The smallest absolute Gasteiger partial charge is 0.336 e. The fourth-order valence-electron chi connectivity index (χ4n) is 2.36. The number of anilines is 1. The number of thioether (sulfide) groups is 1. The van der Waals surface area contributed by atoms with Crippen LogP contribution in [-0.2, 0) is 5.75 Å². The van der Waals surface area contributed by atoms with Crippen molar-refractivity contribution in [2.24, 2.45) is 0 Å². The molecule has 2 heterocycles. The minimum absolute atomic E-state index is 0.314. The van der Waals surface area contributed by atoms with Gasteiger partial charge in [-0.15, -0.1) is 10.2 Å². The van der Waals surface area contributed by atoms with Crippen molar-refractivity contribution in [2.75, 3.05) is 5.32 Å². The number of aromatic nitrogens is 2. The van der Waals surface area contributed by atoms with E-state index in [0.717, 1.165) is 31.5 Å². The molecule has 0 bridgehead atoms. The summed E-state index contributed by atoms with van der Waals surface area (Å²) in [5.74, 6) is 0.654. The number of aryl methyl sites for hydroxylation is 2. The Labute approximate surface area is 148 Å². The van der Waals surface area contributed by atoms with Crippen molar-refractivity contribution in [2.45, 2.75) is 43.8 Å². The molecule has 1 N–H and O–H groups in total. The van der Waals surface area contributed by atoms with Gasteiger partial charge in [-0.3, -0.25) is 0 Å². The molecule has 5 nitrogen and oxygen atoms in total. The number of nitrogens with one attached hydrogen (secondary N) is 1. The first-order valence-corrected chi connectivity index (χ1v) is 9.50. The molecule has 0 spiro atoms. The van der Waals surface area contributed by atoms with Crippen molar-refractivity contribution in [1.29, 1.82) is 0 Å². The summed E-state index contributed by atoms with van der Waals surface area (Å²) in [6, 6.07) is 5.96. The highest BCUT2D eigenvalue weighted by Gasteiger charge is 2.11. The molecule has 0 unspecified atom stereocenters. The van der Waals surface area contributed by atoms with Crippen molar-refractivity contribution < 1.29 is 4.42 Å². The van der Waals surface area contributed by atoms with E-state index in [1.807, 2.05) is 19.9 Å². The van der Waals surface area contributed by atoms with E-state index in [-0.39, 0.29) is 5.63 Å². The lowest BCUT2D eigenvalue weighted by atomic mass is 10.0. The highest BCUT2D eigenvalue weighted by Crippen LogP contribution is 2.31. The lowest BCUT2D eigenvalue weighted by molar-refractivity contribution is 0.557. The quantitative estimate of drug-likeness (QED) is 0.537. The molecule has 0 atom stereocenters. The number of fused-ring (bicyclic) bond motifs is 1. The van der Waals surface area contributed by atoms with Crippen LogP contribution in [0.25, 0.3) is 11.0 Å². The van der Waals surface area contributed by atoms with E-state index in [2.05, 4.69) is 35.4 Å². The SMILES string of the molecule is Cc1ccc2c(CSc3nnc(NC(C)C)s3)cc(=O)oc2c1C. The second-order valence-electron chi connectivity index (χ2n) is 5.94. The maximum atomic E-state index is 11.9. The van der Waals surface area contributed by atoms with Crippen LogP contribution in [-0.4, -0.2) is 16.2 Å². The Bertz CT molecular complexity index is 931. The van der Waals surface area contributed by atoms with Crippen LogP contribution in [0.3, 0.4) is 0 Å². The summed E-state index contributed by atoms with van der Waals surface area (Å²) in [5, 5.41) is 13.4. The molecule has 7 heteroatoms. The molecule has 0 amide bonds. The number of nitrogens with zero attached hydrogens (tertiary/aromatic N) is 2. The third-order valence-corrected chi connectivity index (χ3v) is 5.72. The molecule has 2 aromatic heterocycles. The molecule has 0 radical (unpaired) electrons. The molecule has 1 aromatic carbocycles. The van der Waals surface area contributed by atoms with Gasteiger partial charge in [0.05, 0.1) is 0 Å². The molecule has 0 fully saturated rings. The summed E-state index contributed by atoms with van der Waals surface area (Å²) >= 11 is 3.10. The highest BCUT2D eigenvalue weighted by molar-refractivity contribution is 8.00. The molecular formula is C17H19N3O2S2. The third-order valence-electron chi connectivity index (χ3n) is 3.69. The first-order chi connectivity index (χ1) is 11.4. The van der Waals surface area contributed by atoms with E-state index in [4.69, 9.17) is 4.42 Å². The second kappa shape index (κ2) is 6.94. The summed E-state index contributed by atoms with van der Waals surface area (Å²) in [5.41, 5.74) is 3.45. The molecule has 0 saturated heterocycles. The zero-order valence-corrected chi connectivity index (χ0v) is 15.7. The topological polar surface area (TPSA) is 68.0 Å². The lowest BCUT2D eigenvalue weighted by Gasteiger charge is -2.08. The van der Waals surface area contributed by atoms with Crippen molar-refractivity contribution in [3.8, 4) is 0 Å². The van der Waals surface area contributed by atoms with E-state index in [0.29, 0.717) is 17.4 Å². The summed E-state index contributed by atoms with van der Waals surface area (Å²) in [7, 11) is 0. The zero-order chi connectivity index (χ0) is 17.3. The van der Waals surface area contributed by atoms with Gasteiger partial charge in [0.2, 0.25) is 5.13 Å². The Hall–Kier alpha value is -1.86. The van der Waals surface area contributed by atoms with Crippen LogP contribution in [0.5, 0.6) is 0 Å². The molecule has 0 aliphatic carbocycles. The fourth-order valence-corrected chi connectivity index (χ4v) is 4.25. The van der Waals surface area contributed by atoms with E-state index in [1.165, 1.54) is 11.3 Å². The van der Waals surface area contributed by atoms with Gasteiger partial charge in [0.25, 0.3) is 0 Å². The van der Waals surface area contributed by atoms with E-state index >= 15 is 0 Å². The van der Waals surface area contributed by atoms with Crippen LogP contribution in [0.2, 0.25) is 0 Å². The average Bonchev–Trinajstić information content (AvgIpc) is 2.95. The van der Waals surface area contributed by atoms with Gasteiger partial charge in [-0.1, -0.05) is 35.2 Å². The molecular weight excluding hydrogens is 342 g/mol. The largest absolute Gasteiger partial charge is 0.422 e. The van der Waals surface area contributed by atoms with Gasteiger partial charge in [0.1, 0.15) is 5.58 Å². The summed E-state index contributed by atoms with van der Waals surface area (Å²) in [6.45, 7) is 8.12. The second-order valence-corrected chi connectivity index (χ2v) is 8.14. The van der Waals surface area contributed by atoms with E-state index in [9.17, 15) is 4.79 Å². The van der Waals surface area contributed by atoms with Gasteiger partial charge in [0, 0.05) is 23.2 Å². The Morgan fingerprint density at radius 1 is 1.29 bits per heavy atom. The standard InChI is InChI=1S/C17H19N3O2S2/c1-9(2)18-16-19-20-17(24-16)23-8-12-7-14(21)22-15-11(4)10(3)5-6-13(12)15/h5-7,9H,8H2,1-4H3,(H,18,19). The fraction of sp³-hybridized carbons (Fsp3) is 0.353. The number of benzene rings is 1. The lowest BCUT2D eigenvalue weighted by Crippen LogP contribution is -2.08. The Kier molecular flexibility index (Phi) is 4.91. The first-order valence-electron chi connectivity index (χ1n) is 7.70. The minimum Gasteiger partial charge on any atom is -0.422 e. The maximum Gasteiger partial charge on any atom is 0.336 e. The monoisotopic (exact) mass is 361 g/mol. The Morgan fingerprint density at radius 3 is 2.83 bits per heavy atom. The predicted octanol–water partition coefficient (Wildman–Crippen LogP) is 4.37. The third kappa shape index (κ3) is 3.62. The van der Waals surface area contributed by atoms with E-state index < -0.39 is 0 Å². The summed E-state index contributed by atoms with van der Waals surface area (Å²) < 4.78 is 6.29. The Balaban J connectivity index is 1.86. The zero-order valence-electron chi connectivity index (χ0n) is 14.0. The normalized spacial score (nSPS) is 11.4. The molecule has 3 rings (SSSR count). The number of hydrogen-bond donors (Lipinski definition) is 1. The van der Waals surface area contributed by atoms with Crippen LogP contribution in [0.4, 0.5) is 5.13 Å². The number of hydrogen-bond acceptors (Lipinski definition) is 7. The Morgan fingerprint density at radius 2 is 2.08 bits per heavy atom. The maximum absolute atomic E-state index is 11.9. The van der Waals surface area contributed by atoms with Crippen LogP contribution in [0.15, 0.2) is 31.8 Å². The van der Waals surface area contributed by atoms with E-state index in [1.54, 1.807) is 17.8 Å². The van der Waals surface area contributed by atoms with Gasteiger partial charge in [-0.05, 0) is 44.4 Å². The van der Waals surface area contributed by atoms with Crippen LogP contribution in [0, 0.1) is 13.8 Å². The van der Waals surface area contributed by atoms with Gasteiger partial charge >= 0.3 is 5.63 Å². The first kappa shape index (κ1) is 17.0. The molecule has 0 aliphatic rings. The summed E-state index contributed by atoms with van der Waals surface area (Å²) in [6.07, 6.45) is 0. The average molecular weight is 361 g/mol. The van der Waals surface area contributed by atoms with Crippen molar-refractivity contribution in [3.63, 3.8) is 0 Å². The molecule has 126 valence electrons. The van der Waals surface area contributed by atoms with Gasteiger partial charge < -0.3 is 9.73 Å².